The number of nitrogens with one attached hydrogen (secondary N) is 2. The molecule has 2 saturated heterocycles. The van der Waals surface area contributed by atoms with Crippen molar-refractivity contribution in [2.45, 2.75) is 90.7 Å². The van der Waals surface area contributed by atoms with E-state index in [1.54, 1.807) is 46.4 Å². The van der Waals surface area contributed by atoms with Crippen LogP contribution in [0.5, 0.6) is 0 Å². The van der Waals surface area contributed by atoms with Gasteiger partial charge in [0.2, 0.25) is 5.96 Å². The highest BCUT2D eigenvalue weighted by atomic mass is 32.1. The molecule has 1 aromatic carbocycles. The molecule has 2 fully saturated rings. The fraction of sp³-hybridized carbons (Fsp3) is 0.571. The second-order valence-electron chi connectivity index (χ2n) is 12.0. The number of fused-ring (bicyclic) bond motifs is 2. The zero-order chi connectivity index (χ0) is 30.5. The fourth-order valence-corrected chi connectivity index (χ4v) is 5.43. The van der Waals surface area contributed by atoms with Crippen molar-refractivity contribution >= 4 is 35.5 Å². The van der Waals surface area contributed by atoms with Gasteiger partial charge in [-0.25, -0.2) is 14.4 Å². The molecular formula is C28H39N7O6S. The van der Waals surface area contributed by atoms with E-state index in [-0.39, 0.29) is 30.6 Å². The second-order valence-corrected chi connectivity index (χ2v) is 13.1. The van der Waals surface area contributed by atoms with Gasteiger partial charge in [0.05, 0.1) is 12.1 Å². The van der Waals surface area contributed by atoms with Crippen LogP contribution in [0.3, 0.4) is 0 Å². The van der Waals surface area contributed by atoms with Crippen molar-refractivity contribution in [1.29, 1.82) is 0 Å². The fourth-order valence-electron chi connectivity index (χ4n) is 4.45. The summed E-state index contributed by atoms with van der Waals surface area (Å²) in [5.41, 5.74) is -0.462. The molecule has 0 aliphatic carbocycles. The average molecular weight is 602 g/mol. The Morgan fingerprint density at radius 1 is 1.00 bits per heavy atom. The van der Waals surface area contributed by atoms with Gasteiger partial charge in [0, 0.05) is 19.5 Å². The van der Waals surface area contributed by atoms with Crippen molar-refractivity contribution in [2.75, 3.05) is 13.1 Å². The molecule has 0 radical (unpaired) electrons. The number of benzene rings is 1. The number of ether oxygens (including phenoxy) is 2. The second kappa shape index (κ2) is 13.0. The number of hydrogen-bond donors (Lipinski definition) is 2. The van der Waals surface area contributed by atoms with Crippen molar-refractivity contribution in [2.24, 2.45) is 4.99 Å². The third-order valence-corrected chi connectivity index (χ3v) is 7.22. The van der Waals surface area contributed by atoms with E-state index in [2.05, 4.69) is 25.8 Å². The number of aliphatic imine (C=N–C) groups is 1. The van der Waals surface area contributed by atoms with Gasteiger partial charge in [0.1, 0.15) is 27.8 Å². The summed E-state index contributed by atoms with van der Waals surface area (Å²) >= 11 is 1.42. The molecule has 0 saturated carbocycles. The number of alkyl carbamates (subject to hydrolysis) is 2. The molecule has 3 heterocycles. The molecule has 0 spiro atoms. The lowest BCUT2D eigenvalue weighted by Crippen LogP contribution is -2.47. The van der Waals surface area contributed by atoms with Gasteiger partial charge in [0.25, 0.3) is 0 Å². The molecule has 0 unspecified atom stereocenters. The number of hydrogen-bond acceptors (Lipinski definition) is 10. The Bertz CT molecular complexity index is 1260. The lowest BCUT2D eigenvalue weighted by atomic mass is 10.0. The Morgan fingerprint density at radius 2 is 1.64 bits per heavy atom. The van der Waals surface area contributed by atoms with Crippen LogP contribution < -0.4 is 10.6 Å². The molecule has 2 bridgehead atoms. The molecule has 4 rings (SSSR count). The summed E-state index contributed by atoms with van der Waals surface area (Å²) in [5, 5.41) is 16.6. The maximum absolute atomic E-state index is 13.2. The maximum atomic E-state index is 13.2. The number of urea groups is 1. The lowest BCUT2D eigenvalue weighted by molar-refractivity contribution is -0.140. The number of carbonyl (C=O) groups is 3. The van der Waals surface area contributed by atoms with Gasteiger partial charge >= 0.3 is 18.2 Å². The maximum Gasteiger partial charge on any atom is 0.414 e. The van der Waals surface area contributed by atoms with Crippen LogP contribution in [0.2, 0.25) is 0 Å². The van der Waals surface area contributed by atoms with Crippen molar-refractivity contribution in [1.82, 2.24) is 30.8 Å². The Labute approximate surface area is 249 Å². The number of hydroxylamine groups is 2. The highest BCUT2D eigenvalue weighted by molar-refractivity contribution is 7.11. The van der Waals surface area contributed by atoms with E-state index in [0.29, 0.717) is 24.6 Å². The first-order valence-electron chi connectivity index (χ1n) is 13.9. The third-order valence-electron chi connectivity index (χ3n) is 6.14. The summed E-state index contributed by atoms with van der Waals surface area (Å²) in [6.45, 7) is 11.5. The summed E-state index contributed by atoms with van der Waals surface area (Å²) in [6.07, 6.45) is 0.448. The van der Waals surface area contributed by atoms with Gasteiger partial charge in [-0.3, -0.25) is 20.5 Å². The van der Waals surface area contributed by atoms with E-state index in [4.69, 9.17) is 14.3 Å². The Kier molecular flexibility index (Phi) is 9.67. The highest BCUT2D eigenvalue weighted by Crippen LogP contribution is 2.39. The van der Waals surface area contributed by atoms with E-state index in [0.717, 1.165) is 23.4 Å². The normalized spacial score (nSPS) is 18.5. The quantitative estimate of drug-likeness (QED) is 0.347. The number of aromatic nitrogens is 2. The van der Waals surface area contributed by atoms with Gasteiger partial charge in [-0.05, 0) is 59.9 Å². The number of carbonyl (C=O) groups excluding carboxylic acids is 3. The third kappa shape index (κ3) is 8.86. The summed E-state index contributed by atoms with van der Waals surface area (Å²) < 4.78 is 10.6. The van der Waals surface area contributed by atoms with Gasteiger partial charge in [-0.1, -0.05) is 41.7 Å². The van der Waals surface area contributed by atoms with Crippen LogP contribution >= 0.6 is 11.3 Å². The van der Waals surface area contributed by atoms with Gasteiger partial charge < -0.3 is 14.4 Å². The van der Waals surface area contributed by atoms with Crippen molar-refractivity contribution in [3.05, 3.63) is 45.9 Å². The minimum Gasteiger partial charge on any atom is -0.444 e. The van der Waals surface area contributed by atoms with Crippen LogP contribution in [0.15, 0.2) is 35.3 Å². The van der Waals surface area contributed by atoms with Crippen molar-refractivity contribution in [3.8, 4) is 0 Å². The average Bonchev–Trinajstić information content (AvgIpc) is 3.44. The first-order valence-corrected chi connectivity index (χ1v) is 14.7. The topological polar surface area (TPSA) is 148 Å². The molecule has 4 amide bonds. The summed E-state index contributed by atoms with van der Waals surface area (Å²) in [7, 11) is 0. The molecule has 1 aromatic heterocycles. The number of guanidine groups is 1. The number of rotatable bonds is 7. The standard InChI is InChI=1S/C28H39N7O6S/c1-27(2,3)40-24(36)30-23(31-25(37)41-28(4,5)6)29-15-14-21-32-33-22(42-21)20-13-12-19-16-34(20)26(38)35(19)39-17-18-10-8-7-9-11-18/h7-11,19-20H,12-17H2,1-6H3,(H2,29,30,31,36,37)/t19-,20+/m1/s1. The molecule has 2 aliphatic heterocycles. The minimum atomic E-state index is -0.761. The van der Waals surface area contributed by atoms with Crippen molar-refractivity contribution < 1.29 is 28.7 Å². The number of nitrogens with zero attached hydrogens (tertiary/aromatic N) is 5. The monoisotopic (exact) mass is 601 g/mol. The van der Waals surface area contributed by atoms with E-state index in [1.807, 2.05) is 30.3 Å². The van der Waals surface area contributed by atoms with Crippen LogP contribution in [0.25, 0.3) is 0 Å². The van der Waals surface area contributed by atoms with Crippen LogP contribution in [0.4, 0.5) is 14.4 Å². The van der Waals surface area contributed by atoms with Crippen LogP contribution in [0.1, 0.15) is 76.0 Å². The summed E-state index contributed by atoms with van der Waals surface area (Å²) in [5.74, 6) is -0.0974. The largest absolute Gasteiger partial charge is 0.444 e. The smallest absolute Gasteiger partial charge is 0.414 e. The number of amides is 4. The van der Waals surface area contributed by atoms with Crippen LogP contribution in [-0.4, -0.2) is 74.7 Å². The van der Waals surface area contributed by atoms with Crippen molar-refractivity contribution in [3.63, 3.8) is 0 Å². The molecule has 13 nitrogen and oxygen atoms in total. The molecule has 2 N–H and O–H groups in total. The molecule has 2 aliphatic rings. The zero-order valence-corrected chi connectivity index (χ0v) is 25.7. The lowest BCUT2D eigenvalue weighted by Gasteiger charge is -2.28. The summed E-state index contributed by atoms with van der Waals surface area (Å²) in [4.78, 5) is 49.8. The molecule has 14 heteroatoms. The predicted molar refractivity (Wildman–Crippen MR) is 156 cm³/mol. The predicted octanol–water partition coefficient (Wildman–Crippen LogP) is 4.56. The summed E-state index contributed by atoms with van der Waals surface area (Å²) in [6, 6.07) is 9.43. The van der Waals surface area contributed by atoms with E-state index >= 15 is 0 Å². The van der Waals surface area contributed by atoms with Crippen LogP contribution in [-0.2, 0) is 27.3 Å². The Balaban J connectivity index is 1.35. The van der Waals surface area contributed by atoms with Gasteiger partial charge in [-0.2, -0.15) is 5.06 Å². The van der Waals surface area contributed by atoms with E-state index in [1.165, 1.54) is 16.4 Å². The minimum absolute atomic E-state index is 0.00700. The molecule has 42 heavy (non-hydrogen) atoms. The molecule has 228 valence electrons. The number of piperidine rings is 1. The molecule has 2 aromatic rings. The first kappa shape index (κ1) is 31.2. The Hall–Kier alpha value is -3.78. The van der Waals surface area contributed by atoms with Gasteiger partial charge in [-0.15, -0.1) is 10.2 Å². The molecular weight excluding hydrogens is 562 g/mol. The molecule has 2 atom stereocenters. The van der Waals surface area contributed by atoms with E-state index in [9.17, 15) is 14.4 Å². The SMILES string of the molecule is CC(C)(C)OC(=O)NC(=NCCc1nnc([C@@H]2CC[C@@H]3CN2C(=O)N3OCc2ccccc2)s1)NC(=O)OC(C)(C)C. The first-order chi connectivity index (χ1) is 19.8. The van der Waals surface area contributed by atoms with E-state index < -0.39 is 23.4 Å². The highest BCUT2D eigenvalue weighted by Gasteiger charge is 2.47. The Morgan fingerprint density at radius 3 is 2.26 bits per heavy atom. The van der Waals surface area contributed by atoms with Crippen LogP contribution in [0, 0.1) is 0 Å². The zero-order valence-electron chi connectivity index (χ0n) is 24.9. The van der Waals surface area contributed by atoms with Gasteiger partial charge in [0.15, 0.2) is 0 Å².